The number of halogens is 1. The fourth-order valence-electron chi connectivity index (χ4n) is 2.76. The molecule has 1 aliphatic rings. The van der Waals surface area contributed by atoms with E-state index < -0.39 is 0 Å². The average molecular weight is 305 g/mol. The Morgan fingerprint density at radius 2 is 2.19 bits per heavy atom. The molecule has 0 fully saturated rings. The van der Waals surface area contributed by atoms with Crippen molar-refractivity contribution in [1.29, 1.82) is 0 Å². The van der Waals surface area contributed by atoms with Crippen molar-refractivity contribution in [3.63, 3.8) is 0 Å². The fraction of sp³-hybridized carbons (Fsp3) is 0.500. The van der Waals surface area contributed by atoms with Crippen molar-refractivity contribution in [3.8, 4) is 0 Å². The Morgan fingerprint density at radius 3 is 3.00 bits per heavy atom. The van der Waals surface area contributed by atoms with Gasteiger partial charge in [-0.15, -0.1) is 10.2 Å². The van der Waals surface area contributed by atoms with Gasteiger partial charge in [0.15, 0.2) is 0 Å². The van der Waals surface area contributed by atoms with Crippen LogP contribution in [0.15, 0.2) is 18.2 Å². The van der Waals surface area contributed by atoms with Crippen molar-refractivity contribution in [2.45, 2.75) is 52.2 Å². The Hall–Kier alpha value is -1.39. The SMILES string of the molecule is Cc1ccc(CNC(C)c2nnc3n2CCCC3)cc1Cl. The molecule has 2 aromatic rings. The van der Waals surface area contributed by atoms with Gasteiger partial charge in [-0.3, -0.25) is 0 Å². The summed E-state index contributed by atoms with van der Waals surface area (Å²) in [6, 6.07) is 6.38. The van der Waals surface area contributed by atoms with Gasteiger partial charge in [0.05, 0.1) is 6.04 Å². The van der Waals surface area contributed by atoms with E-state index in [2.05, 4.69) is 39.1 Å². The molecule has 1 aromatic carbocycles. The first kappa shape index (κ1) is 14.5. The normalized spacial score (nSPS) is 15.8. The molecule has 1 N–H and O–H groups in total. The summed E-state index contributed by atoms with van der Waals surface area (Å²) in [5.74, 6) is 2.17. The molecule has 1 aromatic heterocycles. The Kier molecular flexibility index (Phi) is 4.27. The summed E-state index contributed by atoms with van der Waals surface area (Å²) >= 11 is 6.17. The predicted molar refractivity (Wildman–Crippen MR) is 84.4 cm³/mol. The minimum absolute atomic E-state index is 0.185. The van der Waals surface area contributed by atoms with E-state index in [4.69, 9.17) is 11.6 Å². The third-order valence-electron chi connectivity index (χ3n) is 4.12. The summed E-state index contributed by atoms with van der Waals surface area (Å²) in [7, 11) is 0. The molecular formula is C16H21ClN4. The zero-order valence-electron chi connectivity index (χ0n) is 12.6. The molecule has 1 unspecified atom stereocenters. The van der Waals surface area contributed by atoms with E-state index in [1.807, 2.05) is 13.0 Å². The number of fused-ring (bicyclic) bond motifs is 1. The van der Waals surface area contributed by atoms with Crippen LogP contribution in [-0.4, -0.2) is 14.8 Å². The standard InChI is InChI=1S/C16H21ClN4/c1-11-6-7-13(9-14(11)17)10-18-12(2)16-20-19-15-5-3-4-8-21(15)16/h6-7,9,12,18H,3-5,8,10H2,1-2H3. The van der Waals surface area contributed by atoms with Crippen LogP contribution >= 0.6 is 11.6 Å². The van der Waals surface area contributed by atoms with Gasteiger partial charge in [-0.05, 0) is 43.9 Å². The number of benzene rings is 1. The quantitative estimate of drug-likeness (QED) is 0.941. The number of nitrogens with one attached hydrogen (secondary N) is 1. The van der Waals surface area contributed by atoms with Crippen LogP contribution in [0.25, 0.3) is 0 Å². The average Bonchev–Trinajstić information content (AvgIpc) is 2.92. The van der Waals surface area contributed by atoms with E-state index >= 15 is 0 Å². The van der Waals surface area contributed by atoms with Gasteiger partial charge in [0.25, 0.3) is 0 Å². The second kappa shape index (κ2) is 6.16. The summed E-state index contributed by atoms with van der Waals surface area (Å²) in [4.78, 5) is 0. The van der Waals surface area contributed by atoms with Gasteiger partial charge in [-0.25, -0.2) is 0 Å². The van der Waals surface area contributed by atoms with Gasteiger partial charge < -0.3 is 9.88 Å². The van der Waals surface area contributed by atoms with Crippen molar-refractivity contribution in [1.82, 2.24) is 20.1 Å². The van der Waals surface area contributed by atoms with E-state index in [1.165, 1.54) is 18.4 Å². The minimum Gasteiger partial charge on any atom is -0.314 e. The van der Waals surface area contributed by atoms with E-state index in [1.54, 1.807) is 0 Å². The number of hydrogen-bond acceptors (Lipinski definition) is 3. The minimum atomic E-state index is 0.185. The van der Waals surface area contributed by atoms with E-state index in [9.17, 15) is 0 Å². The molecule has 112 valence electrons. The molecule has 1 atom stereocenters. The number of nitrogens with zero attached hydrogens (tertiary/aromatic N) is 3. The summed E-state index contributed by atoms with van der Waals surface area (Å²) < 4.78 is 2.27. The first-order valence-corrected chi connectivity index (χ1v) is 7.93. The van der Waals surface area contributed by atoms with Crippen molar-refractivity contribution < 1.29 is 0 Å². The lowest BCUT2D eigenvalue weighted by molar-refractivity contribution is 0.465. The summed E-state index contributed by atoms with van der Waals surface area (Å²) in [5.41, 5.74) is 2.30. The first-order valence-electron chi connectivity index (χ1n) is 7.55. The van der Waals surface area contributed by atoms with Gasteiger partial charge in [0.1, 0.15) is 11.6 Å². The second-order valence-corrected chi connectivity index (χ2v) is 6.18. The lowest BCUT2D eigenvalue weighted by atomic mass is 10.1. The maximum absolute atomic E-state index is 6.17. The first-order chi connectivity index (χ1) is 10.1. The van der Waals surface area contributed by atoms with Gasteiger partial charge in [-0.1, -0.05) is 23.7 Å². The maximum atomic E-state index is 6.17. The smallest absolute Gasteiger partial charge is 0.149 e. The molecule has 2 heterocycles. The zero-order valence-corrected chi connectivity index (χ0v) is 13.3. The Morgan fingerprint density at radius 1 is 1.33 bits per heavy atom. The number of rotatable bonds is 4. The van der Waals surface area contributed by atoms with Crippen molar-refractivity contribution >= 4 is 11.6 Å². The van der Waals surface area contributed by atoms with Gasteiger partial charge in [0.2, 0.25) is 0 Å². The second-order valence-electron chi connectivity index (χ2n) is 5.77. The molecule has 1 aliphatic heterocycles. The zero-order chi connectivity index (χ0) is 14.8. The Bertz CT molecular complexity index is 635. The van der Waals surface area contributed by atoms with E-state index in [-0.39, 0.29) is 6.04 Å². The van der Waals surface area contributed by atoms with Crippen molar-refractivity contribution in [2.75, 3.05) is 0 Å². The molecule has 0 amide bonds. The molecule has 0 saturated heterocycles. The van der Waals surface area contributed by atoms with Crippen LogP contribution in [-0.2, 0) is 19.5 Å². The molecule has 3 rings (SSSR count). The van der Waals surface area contributed by atoms with Gasteiger partial charge in [0, 0.05) is 24.5 Å². The molecule has 21 heavy (non-hydrogen) atoms. The monoisotopic (exact) mass is 304 g/mol. The van der Waals surface area contributed by atoms with Crippen LogP contribution in [0.4, 0.5) is 0 Å². The molecule has 0 spiro atoms. The third kappa shape index (κ3) is 3.11. The Labute approximate surface area is 130 Å². The van der Waals surface area contributed by atoms with Crippen LogP contribution in [0.1, 0.15) is 48.6 Å². The molecular weight excluding hydrogens is 284 g/mol. The highest BCUT2D eigenvalue weighted by atomic mass is 35.5. The number of aryl methyl sites for hydroxylation is 2. The molecule has 0 bridgehead atoms. The van der Waals surface area contributed by atoms with Gasteiger partial charge in [-0.2, -0.15) is 0 Å². The van der Waals surface area contributed by atoms with Crippen molar-refractivity contribution in [3.05, 3.63) is 46.0 Å². The van der Waals surface area contributed by atoms with Crippen LogP contribution in [0.5, 0.6) is 0 Å². The highest BCUT2D eigenvalue weighted by molar-refractivity contribution is 6.31. The summed E-state index contributed by atoms with van der Waals surface area (Å²) in [6.45, 7) is 5.98. The van der Waals surface area contributed by atoms with Crippen molar-refractivity contribution in [2.24, 2.45) is 0 Å². The largest absolute Gasteiger partial charge is 0.314 e. The molecule has 4 nitrogen and oxygen atoms in total. The highest BCUT2D eigenvalue weighted by Crippen LogP contribution is 2.20. The number of hydrogen-bond donors (Lipinski definition) is 1. The molecule has 0 aliphatic carbocycles. The molecule has 0 saturated carbocycles. The lowest BCUT2D eigenvalue weighted by Crippen LogP contribution is -2.23. The predicted octanol–water partition coefficient (Wildman–Crippen LogP) is 3.43. The molecule has 5 heteroatoms. The number of aromatic nitrogens is 3. The van der Waals surface area contributed by atoms with Crippen LogP contribution in [0.3, 0.4) is 0 Å². The Balaban J connectivity index is 1.67. The maximum Gasteiger partial charge on any atom is 0.149 e. The highest BCUT2D eigenvalue weighted by Gasteiger charge is 2.19. The van der Waals surface area contributed by atoms with Crippen LogP contribution < -0.4 is 5.32 Å². The topological polar surface area (TPSA) is 42.7 Å². The lowest BCUT2D eigenvalue weighted by Gasteiger charge is -2.19. The molecule has 0 radical (unpaired) electrons. The fourth-order valence-corrected chi connectivity index (χ4v) is 2.96. The van der Waals surface area contributed by atoms with Crippen LogP contribution in [0, 0.1) is 6.92 Å². The summed E-state index contributed by atoms with van der Waals surface area (Å²) in [6.07, 6.45) is 3.49. The van der Waals surface area contributed by atoms with E-state index in [0.717, 1.165) is 41.7 Å². The third-order valence-corrected chi connectivity index (χ3v) is 4.53. The summed E-state index contributed by atoms with van der Waals surface area (Å²) in [5, 5.41) is 13.0. The van der Waals surface area contributed by atoms with Crippen LogP contribution in [0.2, 0.25) is 5.02 Å². The van der Waals surface area contributed by atoms with Gasteiger partial charge >= 0.3 is 0 Å². The van der Waals surface area contributed by atoms with E-state index in [0.29, 0.717) is 0 Å².